The summed E-state index contributed by atoms with van der Waals surface area (Å²) in [5.74, 6) is -0.708. The molecule has 0 spiro atoms. The summed E-state index contributed by atoms with van der Waals surface area (Å²) in [5.41, 5.74) is 0.981. The first-order chi connectivity index (χ1) is 14.4. The minimum atomic E-state index is -0.559. The van der Waals surface area contributed by atoms with Gasteiger partial charge in [0.15, 0.2) is 14.0 Å². The fraction of sp³-hybridized carbons (Fsp3) is 0.211. The number of carbonyl (C=O) groups is 2. The van der Waals surface area contributed by atoms with E-state index in [2.05, 4.69) is 15.3 Å². The Balaban J connectivity index is 1.89. The molecule has 0 radical (unpaired) electrons. The number of esters is 1. The maximum atomic E-state index is 12.6. The summed E-state index contributed by atoms with van der Waals surface area (Å²) >= 11 is 7.58. The third-order valence-corrected chi connectivity index (χ3v) is 5.96. The molecule has 1 amide bonds. The van der Waals surface area contributed by atoms with E-state index in [0.717, 1.165) is 23.1 Å². The van der Waals surface area contributed by atoms with Crippen molar-refractivity contribution in [2.24, 2.45) is 0 Å². The summed E-state index contributed by atoms with van der Waals surface area (Å²) < 4.78 is 7.14. The van der Waals surface area contributed by atoms with E-state index in [4.69, 9.17) is 17.0 Å². The molecule has 2 aromatic heterocycles. The van der Waals surface area contributed by atoms with E-state index < -0.39 is 5.97 Å². The van der Waals surface area contributed by atoms with Crippen molar-refractivity contribution >= 4 is 53.0 Å². The van der Waals surface area contributed by atoms with Gasteiger partial charge in [0.1, 0.15) is 5.82 Å². The lowest BCUT2D eigenvalue weighted by Crippen LogP contribution is -2.20. The van der Waals surface area contributed by atoms with Gasteiger partial charge in [-0.2, -0.15) is 0 Å². The monoisotopic (exact) mass is 462 g/mol. The highest BCUT2D eigenvalue weighted by Gasteiger charge is 2.23. The summed E-state index contributed by atoms with van der Waals surface area (Å²) in [7, 11) is 0. The Labute approximate surface area is 185 Å². The van der Waals surface area contributed by atoms with Crippen LogP contribution >= 0.6 is 35.3 Å². The maximum Gasteiger partial charge on any atom is 0.352 e. The predicted molar refractivity (Wildman–Crippen MR) is 119 cm³/mol. The van der Waals surface area contributed by atoms with Gasteiger partial charge in [0.2, 0.25) is 5.91 Å². The number of aromatic amines is 1. The number of thiazole rings is 1. The Kier molecular flexibility index (Phi) is 7.19. The van der Waals surface area contributed by atoms with Gasteiger partial charge in [-0.15, -0.1) is 0 Å². The highest BCUT2D eigenvalue weighted by Crippen LogP contribution is 2.29. The molecular formula is C19H18N4O4S3. The van der Waals surface area contributed by atoms with Crippen LogP contribution in [0.5, 0.6) is 0 Å². The van der Waals surface area contributed by atoms with E-state index in [1.807, 2.05) is 30.3 Å². The number of para-hydroxylation sites is 1. The lowest BCUT2D eigenvalue weighted by Gasteiger charge is -2.12. The van der Waals surface area contributed by atoms with Crippen molar-refractivity contribution in [1.82, 2.24) is 14.5 Å². The first kappa shape index (κ1) is 21.9. The van der Waals surface area contributed by atoms with E-state index in [9.17, 15) is 14.4 Å². The Hall–Kier alpha value is -2.76. The molecule has 0 saturated heterocycles. The third kappa shape index (κ3) is 5.23. The Bertz CT molecular complexity index is 1180. The normalized spacial score (nSPS) is 10.6. The van der Waals surface area contributed by atoms with Crippen LogP contribution in [0.25, 0.3) is 5.69 Å². The SMILES string of the molecule is CCOC(=O)c1sc(=S)n(-c2ccccc2)c1NC(=O)CSc1nc(C)cc(=O)[nH]1. The number of anilines is 1. The summed E-state index contributed by atoms with van der Waals surface area (Å²) in [4.78, 5) is 43.6. The van der Waals surface area contributed by atoms with Gasteiger partial charge >= 0.3 is 5.97 Å². The third-order valence-electron chi connectivity index (χ3n) is 3.73. The van der Waals surface area contributed by atoms with Gasteiger partial charge < -0.3 is 15.0 Å². The van der Waals surface area contributed by atoms with Gasteiger partial charge in [0, 0.05) is 17.4 Å². The molecule has 3 aromatic rings. The van der Waals surface area contributed by atoms with E-state index >= 15 is 0 Å². The molecular weight excluding hydrogens is 444 g/mol. The number of benzene rings is 1. The number of hydrogen-bond donors (Lipinski definition) is 2. The molecule has 0 aliphatic rings. The van der Waals surface area contributed by atoms with Gasteiger partial charge in [-0.1, -0.05) is 41.3 Å². The molecule has 0 unspecified atom stereocenters. The highest BCUT2D eigenvalue weighted by atomic mass is 32.2. The minimum Gasteiger partial charge on any atom is -0.462 e. The molecule has 2 heterocycles. The molecule has 3 rings (SSSR count). The van der Waals surface area contributed by atoms with Gasteiger partial charge in [0.25, 0.3) is 5.56 Å². The quantitative estimate of drug-likeness (QED) is 0.239. The van der Waals surface area contributed by atoms with Crippen molar-refractivity contribution in [3.63, 3.8) is 0 Å². The average Bonchev–Trinajstić information content (AvgIpc) is 3.02. The van der Waals surface area contributed by atoms with Crippen LogP contribution in [0.1, 0.15) is 22.3 Å². The van der Waals surface area contributed by atoms with Crippen molar-refractivity contribution in [3.05, 3.63) is 61.3 Å². The molecule has 11 heteroatoms. The second-order valence-electron chi connectivity index (χ2n) is 5.97. The molecule has 8 nitrogen and oxygen atoms in total. The molecule has 156 valence electrons. The molecule has 0 atom stereocenters. The lowest BCUT2D eigenvalue weighted by atomic mass is 10.3. The van der Waals surface area contributed by atoms with Crippen LogP contribution in [0.15, 0.2) is 46.3 Å². The number of nitrogens with one attached hydrogen (secondary N) is 2. The summed E-state index contributed by atoms with van der Waals surface area (Å²) in [6, 6.07) is 10.5. The standard InChI is InChI=1S/C19H18N4O4S3/c1-3-27-17(26)15-16(23(19(28)30-15)12-7-5-4-6-8-12)21-14(25)10-29-18-20-11(2)9-13(24)22-18/h4-9H,3,10H2,1-2H3,(H,21,25)(H,20,22,24). The molecule has 0 aliphatic carbocycles. The number of nitrogens with zero attached hydrogens (tertiary/aromatic N) is 2. The van der Waals surface area contributed by atoms with Crippen molar-refractivity contribution in [3.8, 4) is 5.69 Å². The van der Waals surface area contributed by atoms with Crippen LogP contribution in [-0.4, -0.2) is 38.8 Å². The molecule has 0 fully saturated rings. The summed E-state index contributed by atoms with van der Waals surface area (Å²) in [5, 5.41) is 3.10. The molecule has 0 saturated carbocycles. The van der Waals surface area contributed by atoms with Gasteiger partial charge in [-0.3, -0.25) is 14.2 Å². The molecule has 30 heavy (non-hydrogen) atoms. The van der Waals surface area contributed by atoms with Crippen molar-refractivity contribution in [1.29, 1.82) is 0 Å². The first-order valence-corrected chi connectivity index (χ1v) is 11.1. The number of thioether (sulfide) groups is 1. The Morgan fingerprint density at radius 2 is 2.07 bits per heavy atom. The molecule has 0 bridgehead atoms. The van der Waals surface area contributed by atoms with Gasteiger partial charge in [-0.05, 0) is 38.2 Å². The average molecular weight is 463 g/mol. The van der Waals surface area contributed by atoms with Crippen LogP contribution in [0, 0.1) is 10.9 Å². The zero-order valence-corrected chi connectivity index (χ0v) is 18.6. The van der Waals surface area contributed by atoms with Crippen LogP contribution < -0.4 is 10.9 Å². The van der Waals surface area contributed by atoms with Crippen LogP contribution in [-0.2, 0) is 9.53 Å². The summed E-state index contributed by atoms with van der Waals surface area (Å²) in [6.45, 7) is 3.60. The van der Waals surface area contributed by atoms with Crippen molar-refractivity contribution in [2.45, 2.75) is 19.0 Å². The molecule has 2 N–H and O–H groups in total. The summed E-state index contributed by atoms with van der Waals surface area (Å²) in [6.07, 6.45) is 0. The van der Waals surface area contributed by atoms with E-state index in [0.29, 0.717) is 20.5 Å². The number of ether oxygens (including phenoxy) is 1. The predicted octanol–water partition coefficient (Wildman–Crippen LogP) is 3.57. The lowest BCUT2D eigenvalue weighted by molar-refractivity contribution is -0.113. The highest BCUT2D eigenvalue weighted by molar-refractivity contribution is 7.99. The number of H-pyrrole nitrogens is 1. The topological polar surface area (TPSA) is 106 Å². The fourth-order valence-corrected chi connectivity index (χ4v) is 4.57. The zero-order valence-electron chi connectivity index (χ0n) is 16.1. The number of aryl methyl sites for hydroxylation is 1. The molecule has 0 aliphatic heterocycles. The smallest absolute Gasteiger partial charge is 0.352 e. The van der Waals surface area contributed by atoms with Crippen molar-refractivity contribution in [2.75, 3.05) is 17.7 Å². The minimum absolute atomic E-state index is 0.0218. The second kappa shape index (κ2) is 9.83. The van der Waals surface area contributed by atoms with Crippen LogP contribution in [0.4, 0.5) is 5.82 Å². The number of rotatable bonds is 7. The zero-order chi connectivity index (χ0) is 21.7. The molecule has 1 aromatic carbocycles. The number of aromatic nitrogens is 3. The fourth-order valence-electron chi connectivity index (χ4n) is 2.56. The largest absolute Gasteiger partial charge is 0.462 e. The number of amides is 1. The van der Waals surface area contributed by atoms with Gasteiger partial charge in [0.05, 0.1) is 12.4 Å². The maximum absolute atomic E-state index is 12.6. The Morgan fingerprint density at radius 3 is 2.73 bits per heavy atom. The van der Waals surface area contributed by atoms with E-state index in [1.54, 1.807) is 18.4 Å². The Morgan fingerprint density at radius 1 is 1.33 bits per heavy atom. The second-order valence-corrected chi connectivity index (χ2v) is 8.57. The van der Waals surface area contributed by atoms with Crippen molar-refractivity contribution < 1.29 is 14.3 Å². The van der Waals surface area contributed by atoms with E-state index in [-0.39, 0.29) is 34.5 Å². The number of hydrogen-bond acceptors (Lipinski definition) is 8. The van der Waals surface area contributed by atoms with Crippen LogP contribution in [0.2, 0.25) is 0 Å². The van der Waals surface area contributed by atoms with Crippen LogP contribution in [0.3, 0.4) is 0 Å². The first-order valence-electron chi connectivity index (χ1n) is 8.88. The number of carbonyl (C=O) groups excluding carboxylic acids is 2. The van der Waals surface area contributed by atoms with Gasteiger partial charge in [-0.25, -0.2) is 9.78 Å². The van der Waals surface area contributed by atoms with E-state index in [1.165, 1.54) is 6.07 Å².